The molecule has 0 fully saturated rings. The molecule has 0 unspecified atom stereocenters. The summed E-state index contributed by atoms with van der Waals surface area (Å²) in [5.74, 6) is 0.508. The molecule has 6 heteroatoms. The van der Waals surface area contributed by atoms with Gasteiger partial charge in [-0.1, -0.05) is 35.9 Å². The highest BCUT2D eigenvalue weighted by atomic mass is 32.1. The van der Waals surface area contributed by atoms with E-state index >= 15 is 0 Å². The number of hydrogen-bond acceptors (Lipinski definition) is 5. The molecule has 1 N–H and O–H groups in total. The Hall–Kier alpha value is -3.51. The van der Waals surface area contributed by atoms with Gasteiger partial charge in [-0.2, -0.15) is 0 Å². The lowest BCUT2D eigenvalue weighted by molar-refractivity contribution is -0.118. The quantitative estimate of drug-likeness (QED) is 0.451. The second-order valence-electron chi connectivity index (χ2n) is 6.94. The number of nitrogens with one attached hydrogen (secondary N) is 1. The number of pyridine rings is 1. The molecule has 4 aromatic rings. The van der Waals surface area contributed by atoms with E-state index in [2.05, 4.69) is 15.3 Å². The van der Waals surface area contributed by atoms with Crippen LogP contribution in [0.2, 0.25) is 0 Å². The molecular formula is C24H21N3O2S. The molecule has 0 atom stereocenters. The SMILES string of the molecule is Cc1ccc(OCC(=O)Nc2cccc(-c3csc(-c4ccccn4)n3)c2)c(C)c1. The van der Waals surface area contributed by atoms with Crippen molar-refractivity contribution in [3.63, 3.8) is 0 Å². The number of anilines is 1. The molecule has 0 radical (unpaired) electrons. The highest BCUT2D eigenvalue weighted by Gasteiger charge is 2.10. The number of hydrogen-bond donors (Lipinski definition) is 1. The lowest BCUT2D eigenvalue weighted by Crippen LogP contribution is -2.20. The van der Waals surface area contributed by atoms with Gasteiger partial charge in [0.1, 0.15) is 10.8 Å². The van der Waals surface area contributed by atoms with Gasteiger partial charge in [0.05, 0.1) is 11.4 Å². The first kappa shape index (κ1) is 19.8. The maximum atomic E-state index is 12.3. The molecule has 0 saturated carbocycles. The number of carbonyl (C=O) groups is 1. The number of aromatic nitrogens is 2. The first-order valence-corrected chi connectivity index (χ1v) is 10.4. The fourth-order valence-corrected chi connectivity index (χ4v) is 3.88. The van der Waals surface area contributed by atoms with Crippen LogP contribution in [0.5, 0.6) is 5.75 Å². The van der Waals surface area contributed by atoms with Crippen LogP contribution in [-0.2, 0) is 4.79 Å². The summed E-state index contributed by atoms with van der Waals surface area (Å²) >= 11 is 1.54. The molecule has 30 heavy (non-hydrogen) atoms. The zero-order chi connectivity index (χ0) is 20.9. The number of carbonyl (C=O) groups excluding carboxylic acids is 1. The van der Waals surface area contributed by atoms with Crippen molar-refractivity contribution >= 4 is 22.9 Å². The Labute approximate surface area is 179 Å². The third-order valence-corrected chi connectivity index (χ3v) is 5.38. The Balaban J connectivity index is 1.42. The van der Waals surface area contributed by atoms with Crippen LogP contribution >= 0.6 is 11.3 Å². The van der Waals surface area contributed by atoms with Crippen molar-refractivity contribution in [3.8, 4) is 27.7 Å². The van der Waals surface area contributed by atoms with Crippen molar-refractivity contribution in [2.75, 3.05) is 11.9 Å². The third kappa shape index (κ3) is 4.72. The van der Waals surface area contributed by atoms with E-state index < -0.39 is 0 Å². The molecule has 2 aromatic heterocycles. The van der Waals surface area contributed by atoms with Crippen LogP contribution in [0.4, 0.5) is 5.69 Å². The predicted molar refractivity (Wildman–Crippen MR) is 121 cm³/mol. The highest BCUT2D eigenvalue weighted by molar-refractivity contribution is 7.13. The Morgan fingerprint density at radius 3 is 2.73 bits per heavy atom. The van der Waals surface area contributed by atoms with Crippen molar-refractivity contribution in [3.05, 3.63) is 83.4 Å². The van der Waals surface area contributed by atoms with Gasteiger partial charge in [-0.3, -0.25) is 9.78 Å². The van der Waals surface area contributed by atoms with Crippen LogP contribution < -0.4 is 10.1 Å². The minimum atomic E-state index is -0.209. The number of rotatable bonds is 6. The first-order chi connectivity index (χ1) is 14.6. The van der Waals surface area contributed by atoms with E-state index in [9.17, 15) is 4.79 Å². The van der Waals surface area contributed by atoms with Gasteiger partial charge in [-0.25, -0.2) is 4.98 Å². The Kier molecular flexibility index (Phi) is 5.86. The average Bonchev–Trinajstić information content (AvgIpc) is 3.24. The van der Waals surface area contributed by atoms with E-state index in [1.807, 2.05) is 79.9 Å². The minimum absolute atomic E-state index is 0.0470. The number of thiazole rings is 1. The van der Waals surface area contributed by atoms with Crippen LogP contribution in [0, 0.1) is 13.8 Å². The standard InChI is InChI=1S/C24H21N3O2S/c1-16-9-10-22(17(2)12-16)29-14-23(28)26-19-7-5-6-18(13-19)21-15-30-24(27-21)20-8-3-4-11-25-20/h3-13,15H,14H2,1-2H3,(H,26,28). The van der Waals surface area contributed by atoms with E-state index in [1.54, 1.807) is 17.5 Å². The molecule has 0 aliphatic carbocycles. The largest absolute Gasteiger partial charge is 0.483 e. The summed E-state index contributed by atoms with van der Waals surface area (Å²) in [6.45, 7) is 3.95. The molecule has 1 amide bonds. The smallest absolute Gasteiger partial charge is 0.262 e. The van der Waals surface area contributed by atoms with Gasteiger partial charge in [0.25, 0.3) is 5.91 Å². The van der Waals surface area contributed by atoms with E-state index in [4.69, 9.17) is 4.74 Å². The second kappa shape index (κ2) is 8.88. The monoisotopic (exact) mass is 415 g/mol. The van der Waals surface area contributed by atoms with Gasteiger partial charge in [-0.15, -0.1) is 11.3 Å². The number of amides is 1. The molecule has 4 rings (SSSR count). The van der Waals surface area contributed by atoms with E-state index in [1.165, 1.54) is 0 Å². The molecule has 0 aliphatic heterocycles. The van der Waals surface area contributed by atoms with Crippen LogP contribution in [0.3, 0.4) is 0 Å². The topological polar surface area (TPSA) is 64.1 Å². The van der Waals surface area contributed by atoms with Gasteiger partial charge in [0, 0.05) is 22.8 Å². The first-order valence-electron chi connectivity index (χ1n) is 9.56. The molecule has 0 spiro atoms. The normalized spacial score (nSPS) is 10.6. The van der Waals surface area contributed by atoms with Crippen molar-refractivity contribution in [1.82, 2.24) is 9.97 Å². The van der Waals surface area contributed by atoms with Crippen molar-refractivity contribution < 1.29 is 9.53 Å². The molecule has 0 aliphatic rings. The van der Waals surface area contributed by atoms with E-state index in [0.29, 0.717) is 11.4 Å². The molecule has 0 saturated heterocycles. The van der Waals surface area contributed by atoms with Crippen LogP contribution in [0.15, 0.2) is 72.2 Å². The van der Waals surface area contributed by atoms with Crippen LogP contribution in [-0.4, -0.2) is 22.5 Å². The Morgan fingerprint density at radius 1 is 1.03 bits per heavy atom. The fourth-order valence-electron chi connectivity index (χ4n) is 3.07. The minimum Gasteiger partial charge on any atom is -0.483 e. The van der Waals surface area contributed by atoms with E-state index in [-0.39, 0.29) is 12.5 Å². The van der Waals surface area contributed by atoms with Gasteiger partial charge >= 0.3 is 0 Å². The molecule has 0 bridgehead atoms. The Morgan fingerprint density at radius 2 is 1.93 bits per heavy atom. The lowest BCUT2D eigenvalue weighted by atomic mass is 10.1. The Bertz CT molecular complexity index is 1170. The maximum absolute atomic E-state index is 12.3. The van der Waals surface area contributed by atoms with Crippen LogP contribution in [0.1, 0.15) is 11.1 Å². The van der Waals surface area contributed by atoms with Gasteiger partial charge < -0.3 is 10.1 Å². The zero-order valence-corrected chi connectivity index (χ0v) is 17.6. The summed E-state index contributed by atoms with van der Waals surface area (Å²) in [7, 11) is 0. The summed E-state index contributed by atoms with van der Waals surface area (Å²) in [6.07, 6.45) is 1.76. The number of nitrogens with zero attached hydrogens (tertiary/aromatic N) is 2. The summed E-state index contributed by atoms with van der Waals surface area (Å²) < 4.78 is 5.66. The fraction of sp³-hybridized carbons (Fsp3) is 0.125. The van der Waals surface area contributed by atoms with E-state index in [0.717, 1.165) is 33.1 Å². The molecule has 2 heterocycles. The summed E-state index contributed by atoms with van der Waals surface area (Å²) in [5, 5.41) is 5.75. The summed E-state index contributed by atoms with van der Waals surface area (Å²) in [6, 6.07) is 19.3. The lowest BCUT2D eigenvalue weighted by Gasteiger charge is -2.10. The van der Waals surface area contributed by atoms with Crippen molar-refractivity contribution in [1.29, 1.82) is 0 Å². The third-order valence-electron chi connectivity index (χ3n) is 4.52. The molecule has 150 valence electrons. The van der Waals surface area contributed by atoms with Crippen molar-refractivity contribution in [2.24, 2.45) is 0 Å². The second-order valence-corrected chi connectivity index (χ2v) is 7.80. The molecular weight excluding hydrogens is 394 g/mol. The summed E-state index contributed by atoms with van der Waals surface area (Å²) in [4.78, 5) is 21.4. The number of benzene rings is 2. The maximum Gasteiger partial charge on any atom is 0.262 e. The molecule has 5 nitrogen and oxygen atoms in total. The van der Waals surface area contributed by atoms with Crippen LogP contribution in [0.25, 0.3) is 22.0 Å². The van der Waals surface area contributed by atoms with Gasteiger partial charge in [-0.05, 0) is 49.7 Å². The van der Waals surface area contributed by atoms with Gasteiger partial charge in [0.15, 0.2) is 6.61 Å². The average molecular weight is 416 g/mol. The van der Waals surface area contributed by atoms with Gasteiger partial charge in [0.2, 0.25) is 0 Å². The highest BCUT2D eigenvalue weighted by Crippen LogP contribution is 2.29. The summed E-state index contributed by atoms with van der Waals surface area (Å²) in [5.41, 5.74) is 5.51. The number of aryl methyl sites for hydroxylation is 2. The molecule has 2 aromatic carbocycles. The zero-order valence-electron chi connectivity index (χ0n) is 16.8. The van der Waals surface area contributed by atoms with Crippen molar-refractivity contribution in [2.45, 2.75) is 13.8 Å². The number of ether oxygens (including phenoxy) is 1. The predicted octanol–water partition coefficient (Wildman–Crippen LogP) is 5.51.